The number of rotatable bonds is 2. The molecule has 0 nitrogen and oxygen atoms in total. The molecule has 2 aromatic carbocycles. The third-order valence-corrected chi connectivity index (χ3v) is 10.7. The molecule has 21 heavy (non-hydrogen) atoms. The van der Waals surface area contributed by atoms with E-state index in [0.717, 1.165) is 0 Å². The predicted molar refractivity (Wildman–Crippen MR) is 93.1 cm³/mol. The molecule has 1 aliphatic heterocycles. The van der Waals surface area contributed by atoms with Crippen LogP contribution in [0.1, 0.15) is 31.7 Å². The van der Waals surface area contributed by atoms with Crippen molar-refractivity contribution >= 4 is 13.3 Å². The highest BCUT2D eigenvalue weighted by Crippen LogP contribution is 2.44. The zero-order valence-corrected chi connectivity index (χ0v) is 13.7. The summed E-state index contributed by atoms with van der Waals surface area (Å²) in [6.45, 7) is 2.42. The van der Waals surface area contributed by atoms with Crippen molar-refractivity contribution in [2.45, 2.75) is 37.3 Å². The summed E-state index contributed by atoms with van der Waals surface area (Å²) < 4.78 is 0. The highest BCUT2D eigenvalue weighted by Gasteiger charge is 2.52. The number of hydrogen-bond donors (Lipinski definition) is 0. The zero-order chi connectivity index (χ0) is 14.8. The Labute approximate surface area is 129 Å². The molecule has 0 amide bonds. The second-order valence-corrected chi connectivity index (χ2v) is 10.6. The summed E-state index contributed by atoms with van der Waals surface area (Å²) in [7, 11) is -2.00. The van der Waals surface area contributed by atoms with Crippen LogP contribution in [-0.2, 0) is 5.04 Å². The van der Waals surface area contributed by atoms with Crippen molar-refractivity contribution in [2.24, 2.45) is 0 Å². The van der Waals surface area contributed by atoms with Crippen LogP contribution in [0, 0.1) is 12.0 Å². The number of benzene rings is 2. The van der Waals surface area contributed by atoms with E-state index in [1.807, 2.05) is 0 Å². The summed E-state index contributed by atoms with van der Waals surface area (Å²) in [4.78, 5) is 0. The fraction of sp³-hybridized carbons (Fsp3) is 0.300. The average molecular weight is 290 g/mol. The molecule has 0 radical (unpaired) electrons. The molecule has 0 saturated carbocycles. The van der Waals surface area contributed by atoms with E-state index >= 15 is 0 Å². The first-order chi connectivity index (χ1) is 10.2. The van der Waals surface area contributed by atoms with Crippen LogP contribution in [-0.4, -0.2) is 8.07 Å². The quantitative estimate of drug-likeness (QED) is 0.574. The molecular formula is C20H22Si. The van der Waals surface area contributed by atoms with E-state index in [1.165, 1.54) is 36.1 Å². The van der Waals surface area contributed by atoms with E-state index in [0.29, 0.717) is 0 Å². The van der Waals surface area contributed by atoms with Crippen molar-refractivity contribution in [1.82, 2.24) is 0 Å². The van der Waals surface area contributed by atoms with E-state index in [1.54, 1.807) is 0 Å². The summed E-state index contributed by atoms with van der Waals surface area (Å²) in [6.07, 6.45) is 9.96. The minimum Gasteiger partial charge on any atom is -0.128 e. The van der Waals surface area contributed by atoms with Crippen LogP contribution in [0.4, 0.5) is 0 Å². The standard InChI is InChI=1S/C20H22Si/c1-3-21(19-14-8-5-9-15-19)17-11-10-16-20(21,2)18-12-6-4-7-13-18/h1,4-9,12-15H,10-11,16-17H2,2H3. The molecule has 0 aromatic heterocycles. The van der Waals surface area contributed by atoms with Gasteiger partial charge in [-0.1, -0.05) is 80.4 Å². The van der Waals surface area contributed by atoms with Gasteiger partial charge in [0.1, 0.15) is 0 Å². The molecule has 0 spiro atoms. The smallest absolute Gasteiger partial charge is 0.128 e. The fourth-order valence-corrected chi connectivity index (χ4v) is 8.97. The van der Waals surface area contributed by atoms with Gasteiger partial charge in [0.15, 0.2) is 8.07 Å². The molecule has 1 aliphatic rings. The number of hydrogen-bond acceptors (Lipinski definition) is 0. The molecule has 1 fully saturated rings. The van der Waals surface area contributed by atoms with Crippen molar-refractivity contribution in [3.8, 4) is 12.0 Å². The molecule has 1 heterocycles. The van der Waals surface area contributed by atoms with Gasteiger partial charge in [-0.3, -0.25) is 0 Å². The van der Waals surface area contributed by atoms with Crippen LogP contribution in [0.2, 0.25) is 6.04 Å². The monoisotopic (exact) mass is 290 g/mol. The molecule has 3 rings (SSSR count). The van der Waals surface area contributed by atoms with Crippen molar-refractivity contribution in [3.63, 3.8) is 0 Å². The van der Waals surface area contributed by atoms with E-state index in [2.05, 4.69) is 73.1 Å². The van der Waals surface area contributed by atoms with Gasteiger partial charge >= 0.3 is 0 Å². The highest BCUT2D eigenvalue weighted by atomic mass is 28.3. The molecule has 0 aliphatic carbocycles. The third-order valence-electron chi connectivity index (χ3n) is 5.34. The minimum atomic E-state index is -2.00. The summed E-state index contributed by atoms with van der Waals surface area (Å²) in [6, 6.07) is 23.0. The van der Waals surface area contributed by atoms with Crippen molar-refractivity contribution < 1.29 is 0 Å². The van der Waals surface area contributed by atoms with Crippen molar-refractivity contribution in [1.29, 1.82) is 0 Å². The second kappa shape index (κ2) is 5.54. The van der Waals surface area contributed by atoms with Gasteiger partial charge in [-0.05, 0) is 23.2 Å². The lowest BCUT2D eigenvalue weighted by Crippen LogP contribution is -2.63. The van der Waals surface area contributed by atoms with E-state index in [-0.39, 0.29) is 5.04 Å². The lowest BCUT2D eigenvalue weighted by molar-refractivity contribution is 0.512. The Hall–Kier alpha value is -1.78. The van der Waals surface area contributed by atoms with Crippen LogP contribution < -0.4 is 5.19 Å². The Kier molecular flexibility index (Phi) is 3.74. The maximum atomic E-state index is 6.19. The van der Waals surface area contributed by atoms with Crippen LogP contribution in [0.3, 0.4) is 0 Å². The first-order valence-electron chi connectivity index (χ1n) is 7.82. The van der Waals surface area contributed by atoms with Gasteiger partial charge in [0.2, 0.25) is 0 Å². The Morgan fingerprint density at radius 1 is 0.952 bits per heavy atom. The molecule has 2 unspecified atom stereocenters. The molecule has 1 saturated heterocycles. The summed E-state index contributed by atoms with van der Waals surface area (Å²) in [5.41, 5.74) is 4.79. The first kappa shape index (κ1) is 14.2. The highest BCUT2D eigenvalue weighted by molar-refractivity contribution is 7.00. The molecule has 106 valence electrons. The Balaban J connectivity index is 2.20. The van der Waals surface area contributed by atoms with Crippen LogP contribution in [0.25, 0.3) is 0 Å². The second-order valence-electron chi connectivity index (χ2n) is 6.32. The Bertz CT molecular complexity index is 641. The topological polar surface area (TPSA) is 0 Å². The Morgan fingerprint density at radius 3 is 2.19 bits per heavy atom. The SMILES string of the molecule is C#C[Si]1(c2ccccc2)CCCCC1(C)c1ccccc1. The molecule has 0 N–H and O–H groups in total. The summed E-state index contributed by atoms with van der Waals surface area (Å²) >= 11 is 0. The van der Waals surface area contributed by atoms with Gasteiger partial charge < -0.3 is 0 Å². The van der Waals surface area contributed by atoms with Crippen LogP contribution in [0.15, 0.2) is 60.7 Å². The maximum Gasteiger partial charge on any atom is 0.178 e. The van der Waals surface area contributed by atoms with Gasteiger partial charge in [0.25, 0.3) is 0 Å². The minimum absolute atomic E-state index is 0.141. The van der Waals surface area contributed by atoms with E-state index < -0.39 is 8.07 Å². The largest absolute Gasteiger partial charge is 0.178 e. The lowest BCUT2D eigenvalue weighted by Gasteiger charge is -2.48. The van der Waals surface area contributed by atoms with Crippen LogP contribution >= 0.6 is 0 Å². The van der Waals surface area contributed by atoms with Crippen molar-refractivity contribution in [2.75, 3.05) is 0 Å². The Morgan fingerprint density at radius 2 is 1.57 bits per heavy atom. The molecule has 1 heteroatoms. The van der Waals surface area contributed by atoms with Crippen LogP contribution in [0.5, 0.6) is 0 Å². The molecule has 2 aromatic rings. The van der Waals surface area contributed by atoms with Crippen molar-refractivity contribution in [3.05, 3.63) is 66.2 Å². The van der Waals surface area contributed by atoms with Gasteiger partial charge in [-0.15, -0.1) is 12.0 Å². The van der Waals surface area contributed by atoms with Gasteiger partial charge in [0.05, 0.1) is 0 Å². The van der Waals surface area contributed by atoms with Gasteiger partial charge in [0, 0.05) is 5.04 Å². The number of terminal acetylenes is 1. The zero-order valence-electron chi connectivity index (χ0n) is 12.7. The van der Waals surface area contributed by atoms with Gasteiger partial charge in [-0.25, -0.2) is 0 Å². The maximum absolute atomic E-state index is 6.19. The van der Waals surface area contributed by atoms with E-state index in [9.17, 15) is 0 Å². The first-order valence-corrected chi connectivity index (χ1v) is 10.0. The predicted octanol–water partition coefficient (Wildman–Crippen LogP) is 4.20. The third kappa shape index (κ3) is 2.15. The fourth-order valence-electron chi connectivity index (χ4n) is 4.06. The molecule has 2 atom stereocenters. The normalized spacial score (nSPS) is 28.8. The van der Waals surface area contributed by atoms with E-state index in [4.69, 9.17) is 6.42 Å². The summed E-state index contributed by atoms with van der Waals surface area (Å²) in [5.74, 6) is 0. The average Bonchev–Trinajstić information content (AvgIpc) is 2.57. The molecule has 0 bridgehead atoms. The summed E-state index contributed by atoms with van der Waals surface area (Å²) in [5, 5.41) is 1.57. The lowest BCUT2D eigenvalue weighted by atomic mass is 9.93. The molecular weight excluding hydrogens is 268 g/mol. The van der Waals surface area contributed by atoms with Gasteiger partial charge in [-0.2, -0.15) is 0 Å².